The molecular weight excluding hydrogens is 587 g/mol. The first-order valence-electron chi connectivity index (χ1n) is 13.1. The van der Waals surface area contributed by atoms with E-state index in [0.717, 1.165) is 30.0 Å². The minimum Gasteiger partial charge on any atom is -0.484 e. The maximum atomic E-state index is 13.4. The Kier molecular flexibility index (Phi) is 10.6. The van der Waals surface area contributed by atoms with Crippen LogP contribution in [0.25, 0.3) is 0 Å². The van der Waals surface area contributed by atoms with Gasteiger partial charge in [0.2, 0.25) is 0 Å². The summed E-state index contributed by atoms with van der Waals surface area (Å²) in [5, 5.41) is 7.09. The van der Waals surface area contributed by atoms with E-state index in [9.17, 15) is 18.0 Å². The lowest BCUT2D eigenvalue weighted by atomic mass is 9.95. The number of nitrogens with one attached hydrogen (secondary N) is 2. The summed E-state index contributed by atoms with van der Waals surface area (Å²) in [4.78, 5) is 24.9. The first-order valence-corrected chi connectivity index (χ1v) is 15.3. The molecule has 9 nitrogen and oxygen atoms in total. The average Bonchev–Trinajstić information content (AvgIpc) is 2.98. The fraction of sp³-hybridized carbons (Fsp3) is 0.276. The normalized spacial score (nSPS) is 14.0. The summed E-state index contributed by atoms with van der Waals surface area (Å²) < 4.78 is 33.3. The topological polar surface area (TPSA) is 117 Å². The molecule has 12 heteroatoms. The minimum atomic E-state index is -4.16. The molecule has 216 valence electrons. The second kappa shape index (κ2) is 14.3. The molecule has 0 atom stereocenters. The number of carbonyl (C=O) groups is 2. The van der Waals surface area contributed by atoms with E-state index in [4.69, 9.17) is 27.9 Å². The van der Waals surface area contributed by atoms with Crippen LogP contribution in [0.2, 0.25) is 10.0 Å². The van der Waals surface area contributed by atoms with E-state index in [1.807, 2.05) is 0 Å². The molecular formula is C29H30Cl2N4O5S. The van der Waals surface area contributed by atoms with Crippen LogP contribution in [-0.4, -0.2) is 45.6 Å². The van der Waals surface area contributed by atoms with Crippen LogP contribution in [0, 0.1) is 0 Å². The molecule has 3 aromatic rings. The number of hydrogen-bond donors (Lipinski definition) is 2. The standard InChI is InChI=1S/C29H30Cl2N4O5S/c30-25-12-7-13-26(29(25)31)35(41(38,39)24-10-5-2-6-11-24)19-27(36)34-32-18-21-14-16-23(17-15-21)40-20-28(37)33-22-8-3-1-4-9-22/h2,5-7,10-18,22H,1,3-4,8-9,19-20H2,(H,33,37)(H,34,36)/b32-18-. The quantitative estimate of drug-likeness (QED) is 0.228. The van der Waals surface area contributed by atoms with Gasteiger partial charge in [0, 0.05) is 6.04 Å². The highest BCUT2D eigenvalue weighted by atomic mass is 35.5. The van der Waals surface area contributed by atoms with E-state index in [1.165, 1.54) is 36.9 Å². The number of halogens is 2. The Balaban J connectivity index is 1.35. The van der Waals surface area contributed by atoms with Gasteiger partial charge in [0.25, 0.3) is 21.8 Å². The molecule has 1 fully saturated rings. The van der Waals surface area contributed by atoms with Crippen molar-refractivity contribution in [1.29, 1.82) is 0 Å². The molecule has 0 bridgehead atoms. The molecule has 1 saturated carbocycles. The van der Waals surface area contributed by atoms with Crippen molar-refractivity contribution in [3.05, 3.63) is 88.4 Å². The molecule has 3 aromatic carbocycles. The lowest BCUT2D eigenvalue weighted by molar-refractivity contribution is -0.124. The number of hydrazone groups is 1. The molecule has 0 saturated heterocycles. The molecule has 0 aromatic heterocycles. The number of hydrogen-bond acceptors (Lipinski definition) is 6. The Morgan fingerprint density at radius 1 is 0.927 bits per heavy atom. The van der Waals surface area contributed by atoms with E-state index in [-0.39, 0.29) is 39.2 Å². The van der Waals surface area contributed by atoms with E-state index in [0.29, 0.717) is 11.3 Å². The number of amides is 2. The van der Waals surface area contributed by atoms with Crippen LogP contribution in [0.3, 0.4) is 0 Å². The SMILES string of the molecule is O=C(CN(c1cccc(Cl)c1Cl)S(=O)(=O)c1ccccc1)N/N=C\c1ccc(OCC(=O)NC2CCCCC2)cc1. The van der Waals surface area contributed by atoms with Crippen molar-refractivity contribution >= 4 is 56.9 Å². The highest BCUT2D eigenvalue weighted by molar-refractivity contribution is 7.92. The van der Waals surface area contributed by atoms with Crippen molar-refractivity contribution in [3.63, 3.8) is 0 Å². The van der Waals surface area contributed by atoms with Crippen LogP contribution in [0.1, 0.15) is 37.7 Å². The third kappa shape index (κ3) is 8.45. The molecule has 4 rings (SSSR count). The van der Waals surface area contributed by atoms with Crippen molar-refractivity contribution < 1.29 is 22.7 Å². The first-order chi connectivity index (χ1) is 19.7. The zero-order valence-corrected chi connectivity index (χ0v) is 24.5. The van der Waals surface area contributed by atoms with Gasteiger partial charge in [-0.05, 0) is 66.9 Å². The predicted molar refractivity (Wildman–Crippen MR) is 160 cm³/mol. The smallest absolute Gasteiger partial charge is 0.264 e. The van der Waals surface area contributed by atoms with Crippen LogP contribution < -0.4 is 19.8 Å². The summed E-state index contributed by atoms with van der Waals surface area (Å²) >= 11 is 12.4. The van der Waals surface area contributed by atoms with Crippen LogP contribution in [-0.2, 0) is 19.6 Å². The molecule has 0 aliphatic heterocycles. The lowest BCUT2D eigenvalue weighted by Gasteiger charge is -2.24. The molecule has 0 radical (unpaired) electrons. The van der Waals surface area contributed by atoms with Crippen LogP contribution >= 0.6 is 23.2 Å². The number of ether oxygens (including phenoxy) is 1. The number of carbonyl (C=O) groups excluding carboxylic acids is 2. The highest BCUT2D eigenvalue weighted by Crippen LogP contribution is 2.35. The minimum absolute atomic E-state index is 0.00116. The average molecular weight is 618 g/mol. The van der Waals surface area contributed by atoms with Gasteiger partial charge in [-0.3, -0.25) is 13.9 Å². The van der Waals surface area contributed by atoms with Crippen molar-refractivity contribution in [3.8, 4) is 5.75 Å². The number of nitrogens with zero attached hydrogens (tertiary/aromatic N) is 2. The monoisotopic (exact) mass is 616 g/mol. The van der Waals surface area contributed by atoms with Crippen LogP contribution in [0.15, 0.2) is 82.8 Å². The van der Waals surface area contributed by atoms with E-state index < -0.39 is 22.5 Å². The Morgan fingerprint density at radius 3 is 2.34 bits per heavy atom. The van der Waals surface area contributed by atoms with Gasteiger partial charge in [-0.2, -0.15) is 5.10 Å². The van der Waals surface area contributed by atoms with Gasteiger partial charge in [0.15, 0.2) is 6.61 Å². The predicted octanol–water partition coefficient (Wildman–Crippen LogP) is 5.17. The number of benzene rings is 3. The van der Waals surface area contributed by atoms with Gasteiger partial charge in [-0.1, -0.05) is 66.7 Å². The van der Waals surface area contributed by atoms with Gasteiger partial charge in [-0.15, -0.1) is 0 Å². The maximum absolute atomic E-state index is 13.4. The summed E-state index contributed by atoms with van der Waals surface area (Å²) in [6, 6.07) is 19.2. The first kappa shape index (κ1) is 30.4. The van der Waals surface area contributed by atoms with Gasteiger partial charge in [-0.25, -0.2) is 13.8 Å². The van der Waals surface area contributed by atoms with E-state index in [2.05, 4.69) is 15.8 Å². The molecule has 1 aliphatic rings. The Morgan fingerprint density at radius 2 is 1.63 bits per heavy atom. The lowest BCUT2D eigenvalue weighted by Crippen LogP contribution is -2.39. The highest BCUT2D eigenvalue weighted by Gasteiger charge is 2.29. The number of anilines is 1. The fourth-order valence-corrected chi connectivity index (χ4v) is 6.27. The fourth-order valence-electron chi connectivity index (χ4n) is 4.36. The van der Waals surface area contributed by atoms with Crippen molar-refractivity contribution in [2.24, 2.45) is 5.10 Å². The molecule has 0 spiro atoms. The molecule has 0 unspecified atom stereocenters. The maximum Gasteiger partial charge on any atom is 0.264 e. The molecule has 2 amide bonds. The zero-order chi connectivity index (χ0) is 29.2. The van der Waals surface area contributed by atoms with Gasteiger partial charge in [0.1, 0.15) is 12.3 Å². The van der Waals surface area contributed by atoms with Crippen molar-refractivity contribution in [1.82, 2.24) is 10.7 Å². The van der Waals surface area contributed by atoms with E-state index >= 15 is 0 Å². The van der Waals surface area contributed by atoms with Gasteiger partial charge < -0.3 is 10.1 Å². The summed E-state index contributed by atoms with van der Waals surface area (Å²) in [7, 11) is -4.16. The van der Waals surface area contributed by atoms with E-state index in [1.54, 1.807) is 48.5 Å². The summed E-state index contributed by atoms with van der Waals surface area (Å²) in [6.45, 7) is -0.663. The summed E-state index contributed by atoms with van der Waals surface area (Å²) in [5.41, 5.74) is 3.06. The second-order valence-corrected chi connectivity index (χ2v) is 12.1. The third-order valence-electron chi connectivity index (χ3n) is 6.44. The van der Waals surface area contributed by atoms with Crippen molar-refractivity contribution in [2.45, 2.75) is 43.0 Å². The molecule has 41 heavy (non-hydrogen) atoms. The number of rotatable bonds is 11. The molecule has 2 N–H and O–H groups in total. The Labute approximate surface area is 249 Å². The van der Waals surface area contributed by atoms with Crippen LogP contribution in [0.5, 0.6) is 5.75 Å². The van der Waals surface area contributed by atoms with Gasteiger partial charge in [0.05, 0.1) is 26.8 Å². The summed E-state index contributed by atoms with van der Waals surface area (Å²) in [5.74, 6) is -0.321. The zero-order valence-electron chi connectivity index (χ0n) is 22.1. The van der Waals surface area contributed by atoms with Crippen LogP contribution in [0.4, 0.5) is 5.69 Å². The Bertz CT molecular complexity index is 1480. The Hall–Kier alpha value is -3.60. The summed E-state index contributed by atoms with van der Waals surface area (Å²) in [6.07, 6.45) is 6.90. The third-order valence-corrected chi connectivity index (χ3v) is 9.02. The molecule has 1 aliphatic carbocycles. The largest absolute Gasteiger partial charge is 0.484 e. The van der Waals surface area contributed by atoms with Crippen molar-refractivity contribution in [2.75, 3.05) is 17.5 Å². The second-order valence-electron chi connectivity index (χ2n) is 9.45. The number of sulfonamides is 1. The van der Waals surface area contributed by atoms with Gasteiger partial charge >= 0.3 is 0 Å². The molecule has 0 heterocycles.